The summed E-state index contributed by atoms with van der Waals surface area (Å²) in [6, 6.07) is 5.52. The standard InChI is InChI=1S/C14H23N3O2S/c1-5-15-12-8-13(10-14(9-12)17(18)19)16(3)11(2)6-7-20-4/h8-11,15H,5-7H2,1-4H3. The molecular weight excluding hydrogens is 274 g/mol. The van der Waals surface area contributed by atoms with Gasteiger partial charge in [0, 0.05) is 43.1 Å². The van der Waals surface area contributed by atoms with Crippen LogP contribution < -0.4 is 10.2 Å². The number of hydrogen-bond acceptors (Lipinski definition) is 5. The molecule has 1 aromatic carbocycles. The predicted octanol–water partition coefficient (Wildman–Crippen LogP) is 3.60. The molecule has 1 unspecified atom stereocenters. The zero-order chi connectivity index (χ0) is 15.1. The van der Waals surface area contributed by atoms with E-state index in [1.807, 2.05) is 31.8 Å². The van der Waals surface area contributed by atoms with Gasteiger partial charge < -0.3 is 10.2 Å². The van der Waals surface area contributed by atoms with Crippen molar-refractivity contribution in [2.75, 3.05) is 35.8 Å². The lowest BCUT2D eigenvalue weighted by molar-refractivity contribution is -0.384. The highest BCUT2D eigenvalue weighted by Crippen LogP contribution is 2.28. The predicted molar refractivity (Wildman–Crippen MR) is 88.1 cm³/mol. The molecule has 0 aromatic heterocycles. The molecule has 0 radical (unpaired) electrons. The number of nitrogens with one attached hydrogen (secondary N) is 1. The average molecular weight is 297 g/mol. The first-order valence-electron chi connectivity index (χ1n) is 6.74. The third-order valence-corrected chi connectivity index (χ3v) is 3.95. The van der Waals surface area contributed by atoms with Crippen molar-refractivity contribution in [3.05, 3.63) is 28.3 Å². The molecule has 0 bridgehead atoms. The van der Waals surface area contributed by atoms with E-state index in [0.717, 1.165) is 30.1 Å². The lowest BCUT2D eigenvalue weighted by atomic mass is 10.1. The molecule has 0 aliphatic carbocycles. The zero-order valence-corrected chi connectivity index (χ0v) is 13.4. The Morgan fingerprint density at radius 3 is 2.70 bits per heavy atom. The van der Waals surface area contributed by atoms with Crippen LogP contribution >= 0.6 is 11.8 Å². The Kier molecular flexibility index (Phi) is 6.64. The molecule has 112 valence electrons. The van der Waals surface area contributed by atoms with Crippen LogP contribution in [0, 0.1) is 10.1 Å². The number of anilines is 2. The number of benzene rings is 1. The number of nitro benzene ring substituents is 1. The molecule has 1 rings (SSSR count). The summed E-state index contributed by atoms with van der Waals surface area (Å²) in [7, 11) is 1.99. The van der Waals surface area contributed by atoms with Gasteiger partial charge in [-0.25, -0.2) is 0 Å². The highest BCUT2D eigenvalue weighted by molar-refractivity contribution is 7.98. The Labute approximate surface area is 124 Å². The lowest BCUT2D eigenvalue weighted by Crippen LogP contribution is -2.29. The Bertz CT molecular complexity index is 454. The normalized spacial score (nSPS) is 12.0. The van der Waals surface area contributed by atoms with Crippen molar-refractivity contribution >= 4 is 28.8 Å². The van der Waals surface area contributed by atoms with E-state index < -0.39 is 0 Å². The van der Waals surface area contributed by atoms with E-state index in [1.165, 1.54) is 0 Å². The van der Waals surface area contributed by atoms with E-state index >= 15 is 0 Å². The fourth-order valence-electron chi connectivity index (χ4n) is 1.95. The topological polar surface area (TPSA) is 58.4 Å². The van der Waals surface area contributed by atoms with Crippen LogP contribution in [0.2, 0.25) is 0 Å². The lowest BCUT2D eigenvalue weighted by Gasteiger charge is -2.27. The van der Waals surface area contributed by atoms with Gasteiger partial charge in [0.1, 0.15) is 0 Å². The Hall–Kier alpha value is -1.43. The summed E-state index contributed by atoms with van der Waals surface area (Å²) in [5.41, 5.74) is 1.80. The second-order valence-corrected chi connectivity index (χ2v) is 5.75. The Morgan fingerprint density at radius 2 is 2.15 bits per heavy atom. The van der Waals surface area contributed by atoms with Gasteiger partial charge in [-0.3, -0.25) is 10.1 Å². The second-order valence-electron chi connectivity index (χ2n) is 4.77. The molecular formula is C14H23N3O2S. The van der Waals surface area contributed by atoms with Crippen LogP contribution in [0.5, 0.6) is 0 Å². The van der Waals surface area contributed by atoms with Gasteiger partial charge in [-0.05, 0) is 38.3 Å². The summed E-state index contributed by atoms with van der Waals surface area (Å²) in [5, 5.41) is 14.2. The smallest absolute Gasteiger partial charge is 0.273 e. The summed E-state index contributed by atoms with van der Waals surface area (Å²) < 4.78 is 0. The molecule has 1 aromatic rings. The van der Waals surface area contributed by atoms with E-state index in [2.05, 4.69) is 23.4 Å². The zero-order valence-electron chi connectivity index (χ0n) is 12.5. The molecule has 0 heterocycles. The highest BCUT2D eigenvalue weighted by Gasteiger charge is 2.15. The average Bonchev–Trinajstić information content (AvgIpc) is 2.43. The maximum Gasteiger partial charge on any atom is 0.273 e. The van der Waals surface area contributed by atoms with E-state index in [9.17, 15) is 10.1 Å². The molecule has 0 aliphatic heterocycles. The van der Waals surface area contributed by atoms with Crippen LogP contribution in [0.4, 0.5) is 17.1 Å². The fourth-order valence-corrected chi connectivity index (χ4v) is 2.52. The van der Waals surface area contributed by atoms with E-state index in [-0.39, 0.29) is 10.6 Å². The monoisotopic (exact) mass is 297 g/mol. The summed E-state index contributed by atoms with van der Waals surface area (Å²) >= 11 is 1.81. The molecule has 0 spiro atoms. The van der Waals surface area contributed by atoms with Crippen LogP contribution in [0.1, 0.15) is 20.3 Å². The summed E-state index contributed by atoms with van der Waals surface area (Å²) in [5.74, 6) is 1.08. The van der Waals surface area contributed by atoms with E-state index in [0.29, 0.717) is 6.04 Å². The van der Waals surface area contributed by atoms with Crippen molar-refractivity contribution in [3.63, 3.8) is 0 Å². The van der Waals surface area contributed by atoms with Crippen LogP contribution in [0.3, 0.4) is 0 Å². The van der Waals surface area contributed by atoms with Crippen molar-refractivity contribution in [1.29, 1.82) is 0 Å². The van der Waals surface area contributed by atoms with Gasteiger partial charge in [-0.15, -0.1) is 0 Å². The first-order valence-corrected chi connectivity index (χ1v) is 8.14. The van der Waals surface area contributed by atoms with Crippen LogP contribution in [0.15, 0.2) is 18.2 Å². The quantitative estimate of drug-likeness (QED) is 0.587. The molecule has 1 N–H and O–H groups in total. The molecule has 6 heteroatoms. The van der Waals surface area contributed by atoms with Gasteiger partial charge >= 0.3 is 0 Å². The van der Waals surface area contributed by atoms with Crippen LogP contribution in [-0.2, 0) is 0 Å². The van der Waals surface area contributed by atoms with Gasteiger partial charge in [0.15, 0.2) is 0 Å². The summed E-state index contributed by atoms with van der Waals surface area (Å²) in [4.78, 5) is 12.8. The van der Waals surface area contributed by atoms with Crippen molar-refractivity contribution < 1.29 is 4.92 Å². The van der Waals surface area contributed by atoms with Gasteiger partial charge in [0.25, 0.3) is 5.69 Å². The molecule has 0 aliphatic rings. The minimum Gasteiger partial charge on any atom is -0.385 e. The third kappa shape index (κ3) is 4.59. The minimum absolute atomic E-state index is 0.127. The van der Waals surface area contributed by atoms with E-state index in [4.69, 9.17) is 0 Å². The third-order valence-electron chi connectivity index (χ3n) is 3.30. The number of rotatable bonds is 8. The Morgan fingerprint density at radius 1 is 1.45 bits per heavy atom. The van der Waals surface area contributed by atoms with Crippen LogP contribution in [-0.4, -0.2) is 36.6 Å². The van der Waals surface area contributed by atoms with Crippen molar-refractivity contribution in [1.82, 2.24) is 0 Å². The van der Waals surface area contributed by atoms with Gasteiger partial charge in [0.2, 0.25) is 0 Å². The molecule has 20 heavy (non-hydrogen) atoms. The number of nitro groups is 1. The van der Waals surface area contributed by atoms with Gasteiger partial charge in [0.05, 0.1) is 4.92 Å². The first-order chi connectivity index (χ1) is 9.49. The SMILES string of the molecule is CCNc1cc(N(C)C(C)CCSC)cc([N+](=O)[O-])c1. The fraction of sp³-hybridized carbons (Fsp3) is 0.571. The number of non-ortho nitro benzene ring substituents is 1. The number of hydrogen-bond donors (Lipinski definition) is 1. The first kappa shape index (κ1) is 16.6. The minimum atomic E-state index is -0.343. The van der Waals surface area contributed by atoms with Gasteiger partial charge in [-0.1, -0.05) is 0 Å². The summed E-state index contributed by atoms with van der Waals surface area (Å²) in [6.45, 7) is 4.86. The highest BCUT2D eigenvalue weighted by atomic mass is 32.2. The number of thioether (sulfide) groups is 1. The molecule has 0 saturated carbocycles. The molecule has 0 fully saturated rings. The Balaban J connectivity index is 2.99. The summed E-state index contributed by atoms with van der Waals surface area (Å²) in [6.07, 6.45) is 3.14. The molecule has 5 nitrogen and oxygen atoms in total. The maximum absolute atomic E-state index is 11.0. The van der Waals surface area contributed by atoms with E-state index in [1.54, 1.807) is 12.1 Å². The number of nitrogens with zero attached hydrogens (tertiary/aromatic N) is 2. The second kappa shape index (κ2) is 7.99. The molecule has 0 saturated heterocycles. The van der Waals surface area contributed by atoms with Crippen molar-refractivity contribution in [3.8, 4) is 0 Å². The maximum atomic E-state index is 11.0. The largest absolute Gasteiger partial charge is 0.385 e. The van der Waals surface area contributed by atoms with Crippen LogP contribution in [0.25, 0.3) is 0 Å². The van der Waals surface area contributed by atoms with Crippen molar-refractivity contribution in [2.24, 2.45) is 0 Å². The molecule has 1 atom stereocenters. The van der Waals surface area contributed by atoms with Gasteiger partial charge in [-0.2, -0.15) is 11.8 Å². The van der Waals surface area contributed by atoms with Crippen molar-refractivity contribution in [2.45, 2.75) is 26.3 Å². The molecule has 0 amide bonds.